The van der Waals surface area contributed by atoms with E-state index in [1.807, 2.05) is 61.5 Å². The van der Waals surface area contributed by atoms with Crippen molar-refractivity contribution in [2.75, 3.05) is 25.0 Å². The van der Waals surface area contributed by atoms with E-state index >= 15 is 0 Å². The summed E-state index contributed by atoms with van der Waals surface area (Å²) >= 11 is 0. The number of carbonyl (C=O) groups is 2. The molecule has 27 heavy (non-hydrogen) atoms. The van der Waals surface area contributed by atoms with Gasteiger partial charge in [-0.3, -0.25) is 14.5 Å². The number of benzene rings is 2. The lowest BCUT2D eigenvalue weighted by atomic mass is 9.97. The molecule has 5 heteroatoms. The second kappa shape index (κ2) is 9.33. The molecule has 2 amide bonds. The number of anilines is 1. The summed E-state index contributed by atoms with van der Waals surface area (Å²) in [6, 6.07) is 17.6. The molecule has 1 saturated heterocycles. The Morgan fingerprint density at radius 3 is 2.56 bits per heavy atom. The predicted molar refractivity (Wildman–Crippen MR) is 107 cm³/mol. The summed E-state index contributed by atoms with van der Waals surface area (Å²) in [5.74, 6) is -0.0467. The van der Waals surface area contributed by atoms with Crippen molar-refractivity contribution >= 4 is 17.5 Å². The van der Waals surface area contributed by atoms with Crippen LogP contribution in [0.4, 0.5) is 5.69 Å². The van der Waals surface area contributed by atoms with E-state index in [1.54, 1.807) is 0 Å². The molecule has 1 aliphatic rings. The van der Waals surface area contributed by atoms with Crippen LogP contribution in [0.3, 0.4) is 0 Å². The van der Waals surface area contributed by atoms with Crippen molar-refractivity contribution in [2.24, 2.45) is 5.92 Å². The predicted octanol–water partition coefficient (Wildman–Crippen LogP) is 2.96. The van der Waals surface area contributed by atoms with E-state index in [0.717, 1.165) is 30.6 Å². The lowest BCUT2D eigenvalue weighted by Gasteiger charge is -2.31. The fourth-order valence-electron chi connectivity index (χ4n) is 3.34. The third-order valence-corrected chi connectivity index (χ3v) is 4.90. The van der Waals surface area contributed by atoms with E-state index in [0.29, 0.717) is 19.6 Å². The fourth-order valence-corrected chi connectivity index (χ4v) is 3.34. The van der Waals surface area contributed by atoms with Gasteiger partial charge in [0, 0.05) is 18.8 Å². The zero-order valence-corrected chi connectivity index (χ0v) is 15.8. The quantitative estimate of drug-likeness (QED) is 0.827. The molecule has 1 aliphatic heterocycles. The third-order valence-electron chi connectivity index (χ3n) is 4.90. The number of nitrogens with zero attached hydrogens (tertiary/aromatic N) is 1. The Morgan fingerprint density at radius 1 is 1.07 bits per heavy atom. The molecule has 5 nitrogen and oxygen atoms in total. The average Bonchev–Trinajstić information content (AvgIpc) is 2.68. The number of aryl methyl sites for hydroxylation is 1. The van der Waals surface area contributed by atoms with Crippen LogP contribution in [0.25, 0.3) is 0 Å². The van der Waals surface area contributed by atoms with E-state index < -0.39 is 0 Å². The van der Waals surface area contributed by atoms with Crippen LogP contribution in [0.2, 0.25) is 0 Å². The van der Waals surface area contributed by atoms with Crippen LogP contribution in [-0.2, 0) is 16.1 Å². The molecule has 0 saturated carbocycles. The minimum absolute atomic E-state index is 0.000285. The molecule has 0 unspecified atom stereocenters. The van der Waals surface area contributed by atoms with Gasteiger partial charge in [0.25, 0.3) is 0 Å². The molecule has 1 fully saturated rings. The topological polar surface area (TPSA) is 61.4 Å². The van der Waals surface area contributed by atoms with Gasteiger partial charge in [-0.2, -0.15) is 0 Å². The number of hydrogen-bond acceptors (Lipinski definition) is 3. The highest BCUT2D eigenvalue weighted by Gasteiger charge is 2.26. The first-order chi connectivity index (χ1) is 13.1. The fraction of sp³-hybridized carbons (Fsp3) is 0.364. The lowest BCUT2D eigenvalue weighted by Crippen LogP contribution is -2.45. The van der Waals surface area contributed by atoms with Crippen LogP contribution >= 0.6 is 0 Å². The maximum absolute atomic E-state index is 12.5. The molecule has 0 bridgehead atoms. The standard InChI is InChI=1S/C22H27N3O2/c1-17-9-11-18(12-10-17)14-23-21(26)16-25-13-5-6-19(15-25)22(27)24-20-7-3-2-4-8-20/h2-4,7-12,19H,5-6,13-16H2,1H3,(H,23,26)(H,24,27)/t19-/m0/s1. The SMILES string of the molecule is Cc1ccc(CNC(=O)CN2CCC[C@H](C(=O)Nc3ccccc3)C2)cc1. The zero-order valence-electron chi connectivity index (χ0n) is 15.8. The molecule has 0 aromatic heterocycles. The summed E-state index contributed by atoms with van der Waals surface area (Å²) in [5.41, 5.74) is 3.11. The largest absolute Gasteiger partial charge is 0.351 e. The van der Waals surface area contributed by atoms with Crippen LogP contribution in [0.1, 0.15) is 24.0 Å². The smallest absolute Gasteiger partial charge is 0.234 e. The maximum atomic E-state index is 12.5. The lowest BCUT2D eigenvalue weighted by molar-refractivity contribution is -0.125. The van der Waals surface area contributed by atoms with Crippen LogP contribution in [0.15, 0.2) is 54.6 Å². The number of amides is 2. The first-order valence-electron chi connectivity index (χ1n) is 9.50. The van der Waals surface area contributed by atoms with Gasteiger partial charge < -0.3 is 10.6 Å². The highest BCUT2D eigenvalue weighted by molar-refractivity contribution is 5.92. The molecule has 0 aliphatic carbocycles. The molecule has 1 heterocycles. The van der Waals surface area contributed by atoms with Gasteiger partial charge in [0.05, 0.1) is 12.5 Å². The van der Waals surface area contributed by atoms with E-state index in [-0.39, 0.29) is 17.7 Å². The highest BCUT2D eigenvalue weighted by atomic mass is 16.2. The molecular formula is C22H27N3O2. The Bertz CT molecular complexity index is 759. The number of hydrogen-bond donors (Lipinski definition) is 2. The van der Waals surface area contributed by atoms with Gasteiger partial charge in [-0.15, -0.1) is 0 Å². The first kappa shape index (κ1) is 19.1. The second-order valence-corrected chi connectivity index (χ2v) is 7.19. The van der Waals surface area contributed by atoms with Gasteiger partial charge in [-0.25, -0.2) is 0 Å². The normalized spacial score (nSPS) is 17.3. The second-order valence-electron chi connectivity index (χ2n) is 7.19. The number of carbonyl (C=O) groups excluding carboxylic acids is 2. The van der Waals surface area contributed by atoms with Crippen LogP contribution < -0.4 is 10.6 Å². The monoisotopic (exact) mass is 365 g/mol. The van der Waals surface area contributed by atoms with E-state index in [9.17, 15) is 9.59 Å². The van der Waals surface area contributed by atoms with Gasteiger partial charge in [0.2, 0.25) is 11.8 Å². The molecule has 142 valence electrons. The Kier molecular flexibility index (Phi) is 6.60. The molecule has 0 spiro atoms. The average molecular weight is 365 g/mol. The van der Waals surface area contributed by atoms with Crippen molar-refractivity contribution in [3.8, 4) is 0 Å². The summed E-state index contributed by atoms with van der Waals surface area (Å²) in [7, 11) is 0. The molecule has 2 N–H and O–H groups in total. The van der Waals surface area contributed by atoms with Gasteiger partial charge in [0.15, 0.2) is 0 Å². The van der Waals surface area contributed by atoms with Crippen molar-refractivity contribution in [1.82, 2.24) is 10.2 Å². The van der Waals surface area contributed by atoms with Gasteiger partial charge in [-0.05, 0) is 44.0 Å². The van der Waals surface area contributed by atoms with Crippen molar-refractivity contribution < 1.29 is 9.59 Å². The molecule has 0 radical (unpaired) electrons. The Hall–Kier alpha value is -2.66. The number of nitrogens with one attached hydrogen (secondary N) is 2. The molecule has 1 atom stereocenters. The van der Waals surface area contributed by atoms with Crippen molar-refractivity contribution in [3.05, 3.63) is 65.7 Å². The molecular weight excluding hydrogens is 338 g/mol. The molecule has 3 rings (SSSR count). The zero-order chi connectivity index (χ0) is 19.1. The third kappa shape index (κ3) is 5.93. The van der Waals surface area contributed by atoms with Gasteiger partial charge >= 0.3 is 0 Å². The number of para-hydroxylation sites is 1. The summed E-state index contributed by atoms with van der Waals surface area (Å²) in [6.07, 6.45) is 1.79. The van der Waals surface area contributed by atoms with E-state index in [1.165, 1.54) is 5.56 Å². The highest BCUT2D eigenvalue weighted by Crippen LogP contribution is 2.18. The van der Waals surface area contributed by atoms with E-state index in [2.05, 4.69) is 15.5 Å². The van der Waals surface area contributed by atoms with Crippen molar-refractivity contribution in [1.29, 1.82) is 0 Å². The number of rotatable bonds is 6. The summed E-state index contributed by atoms with van der Waals surface area (Å²) in [4.78, 5) is 26.8. The number of likely N-dealkylation sites (tertiary alicyclic amines) is 1. The van der Waals surface area contributed by atoms with Gasteiger partial charge in [-0.1, -0.05) is 48.0 Å². The van der Waals surface area contributed by atoms with Crippen LogP contribution in [0.5, 0.6) is 0 Å². The number of piperidine rings is 1. The summed E-state index contributed by atoms with van der Waals surface area (Å²) < 4.78 is 0. The molecule has 2 aromatic rings. The van der Waals surface area contributed by atoms with Crippen LogP contribution in [-0.4, -0.2) is 36.3 Å². The Balaban J connectivity index is 1.45. The van der Waals surface area contributed by atoms with Crippen molar-refractivity contribution in [3.63, 3.8) is 0 Å². The van der Waals surface area contributed by atoms with Gasteiger partial charge in [0.1, 0.15) is 0 Å². The van der Waals surface area contributed by atoms with Crippen LogP contribution in [0, 0.1) is 12.8 Å². The van der Waals surface area contributed by atoms with E-state index in [4.69, 9.17) is 0 Å². The summed E-state index contributed by atoms with van der Waals surface area (Å²) in [6.45, 7) is 4.39. The minimum Gasteiger partial charge on any atom is -0.351 e. The summed E-state index contributed by atoms with van der Waals surface area (Å²) in [5, 5.41) is 5.94. The van der Waals surface area contributed by atoms with Crippen molar-refractivity contribution in [2.45, 2.75) is 26.3 Å². The Morgan fingerprint density at radius 2 is 1.81 bits per heavy atom. The Labute approximate surface area is 160 Å². The molecule has 2 aromatic carbocycles. The minimum atomic E-state index is -0.0798. The first-order valence-corrected chi connectivity index (χ1v) is 9.50. The maximum Gasteiger partial charge on any atom is 0.234 e.